The monoisotopic (exact) mass is 528 g/mol. The normalized spacial score (nSPS) is 17.4. The molecule has 0 atom stereocenters. The third kappa shape index (κ3) is 4.52. The quantitative estimate of drug-likeness (QED) is 0.354. The Balaban J connectivity index is 1.37. The number of hydrogen-bond acceptors (Lipinski definition) is 5. The van der Waals surface area contributed by atoms with Crippen molar-refractivity contribution in [1.29, 1.82) is 0 Å². The van der Waals surface area contributed by atoms with Crippen LogP contribution in [0.2, 0.25) is 0 Å². The maximum atomic E-state index is 12.4. The lowest BCUT2D eigenvalue weighted by Crippen LogP contribution is -2.31. The van der Waals surface area contributed by atoms with E-state index in [2.05, 4.69) is 23.1 Å². The Morgan fingerprint density at radius 1 is 1.03 bits per heavy atom. The predicted octanol–water partition coefficient (Wildman–Crippen LogP) is 5.80. The van der Waals surface area contributed by atoms with Crippen LogP contribution in [0.1, 0.15) is 53.8 Å². The second-order valence-corrected chi connectivity index (χ2v) is 11.7. The van der Waals surface area contributed by atoms with Gasteiger partial charge in [-0.25, -0.2) is 9.31 Å². The molecule has 38 heavy (non-hydrogen) atoms. The molecule has 6 rings (SSSR count). The molecular weight excluding hydrogens is 496 g/mol. The number of aryl methyl sites for hydroxylation is 1. The van der Waals surface area contributed by atoms with Gasteiger partial charge in [0.15, 0.2) is 0 Å². The number of rotatable bonds is 5. The molecule has 1 aliphatic carbocycles. The molecular formula is C30H32N4O3S. The van der Waals surface area contributed by atoms with E-state index in [4.69, 9.17) is 0 Å². The Hall–Kier alpha value is -3.49. The molecule has 7 nitrogen and oxygen atoms in total. The Bertz CT molecular complexity index is 1600. The number of carbonyl (C=O) groups is 1. The van der Waals surface area contributed by atoms with Crippen molar-refractivity contribution in [3.05, 3.63) is 75.0 Å². The number of aromatic nitrogens is 3. The lowest BCUT2D eigenvalue weighted by molar-refractivity contribution is 0.0702. The summed E-state index contributed by atoms with van der Waals surface area (Å²) < 4.78 is 3.28. The molecule has 3 aromatic heterocycles. The number of carboxylic acids is 1. The van der Waals surface area contributed by atoms with Gasteiger partial charge in [0.05, 0.1) is 5.69 Å². The number of fused-ring (bicyclic) bond motifs is 1. The Labute approximate surface area is 225 Å². The van der Waals surface area contributed by atoms with E-state index in [0.717, 1.165) is 52.4 Å². The smallest absolute Gasteiger partial charge is 0.346 e. The SMILES string of the molecule is CN1CCC(c2cc(-c3ccc(-c4cc5n(C)c(=O)ccn5n4)cc3)sc2C(=O)O)=C(C2CCCCC2)C1. The zero-order valence-corrected chi connectivity index (χ0v) is 22.6. The zero-order valence-electron chi connectivity index (χ0n) is 21.8. The van der Waals surface area contributed by atoms with Crippen LogP contribution in [0.3, 0.4) is 0 Å². The first-order valence-corrected chi connectivity index (χ1v) is 14.1. The highest BCUT2D eigenvalue weighted by atomic mass is 32.1. The second kappa shape index (κ2) is 10.0. The highest BCUT2D eigenvalue weighted by Crippen LogP contribution is 2.43. The molecule has 0 unspecified atom stereocenters. The molecule has 0 saturated heterocycles. The topological polar surface area (TPSA) is 79.8 Å². The van der Waals surface area contributed by atoms with Gasteiger partial charge in [0, 0.05) is 54.5 Å². The van der Waals surface area contributed by atoms with Crippen molar-refractivity contribution in [2.45, 2.75) is 38.5 Å². The van der Waals surface area contributed by atoms with Crippen molar-refractivity contribution < 1.29 is 9.90 Å². The second-order valence-electron chi connectivity index (χ2n) is 10.6. The fourth-order valence-electron chi connectivity index (χ4n) is 6.03. The summed E-state index contributed by atoms with van der Waals surface area (Å²) in [4.78, 5) is 28.1. The summed E-state index contributed by atoms with van der Waals surface area (Å²) in [6.07, 6.45) is 8.83. The van der Waals surface area contributed by atoms with Gasteiger partial charge in [0.1, 0.15) is 10.5 Å². The summed E-state index contributed by atoms with van der Waals surface area (Å²) in [5.74, 6) is -0.284. The Morgan fingerprint density at radius 2 is 1.76 bits per heavy atom. The van der Waals surface area contributed by atoms with Gasteiger partial charge < -0.3 is 10.0 Å². The average molecular weight is 529 g/mol. The van der Waals surface area contributed by atoms with Crippen LogP contribution in [-0.2, 0) is 7.05 Å². The standard InChI is InChI=1S/C30H32N4O3S/c1-32-14-12-22(24(18-32)19-6-4-3-5-7-19)23-16-26(38-29(23)30(36)37)21-10-8-20(9-11-21)25-17-27-33(2)28(35)13-15-34(27)31-25/h8-11,13,15-17,19H,3-7,12,14,18H2,1-2H3,(H,36,37). The molecule has 0 radical (unpaired) electrons. The van der Waals surface area contributed by atoms with E-state index in [-0.39, 0.29) is 5.56 Å². The van der Waals surface area contributed by atoms with E-state index in [9.17, 15) is 14.7 Å². The predicted molar refractivity (Wildman–Crippen MR) is 152 cm³/mol. The Morgan fingerprint density at radius 3 is 2.50 bits per heavy atom. The minimum Gasteiger partial charge on any atom is -0.477 e. The van der Waals surface area contributed by atoms with Crippen LogP contribution in [0.25, 0.3) is 32.9 Å². The average Bonchev–Trinajstić information content (AvgIpc) is 3.57. The molecule has 1 aliphatic heterocycles. The van der Waals surface area contributed by atoms with Crippen LogP contribution in [0, 0.1) is 5.92 Å². The van der Waals surface area contributed by atoms with Crippen LogP contribution in [0.15, 0.2) is 59.0 Å². The summed E-state index contributed by atoms with van der Waals surface area (Å²) in [6.45, 7) is 1.89. The fourth-order valence-corrected chi connectivity index (χ4v) is 7.06. The highest BCUT2D eigenvalue weighted by molar-refractivity contribution is 7.17. The lowest BCUT2D eigenvalue weighted by Gasteiger charge is -2.34. The molecule has 0 amide bonds. The van der Waals surface area contributed by atoms with E-state index >= 15 is 0 Å². The third-order valence-electron chi connectivity index (χ3n) is 8.13. The first-order valence-electron chi connectivity index (χ1n) is 13.3. The molecule has 4 aromatic rings. The maximum Gasteiger partial charge on any atom is 0.346 e. The molecule has 1 N–H and O–H groups in total. The van der Waals surface area contributed by atoms with Crippen molar-refractivity contribution in [3.8, 4) is 21.7 Å². The van der Waals surface area contributed by atoms with Crippen LogP contribution < -0.4 is 5.56 Å². The number of benzene rings is 1. The van der Waals surface area contributed by atoms with E-state index in [1.54, 1.807) is 22.3 Å². The molecule has 4 heterocycles. The van der Waals surface area contributed by atoms with Crippen molar-refractivity contribution in [2.75, 3.05) is 20.1 Å². The van der Waals surface area contributed by atoms with Crippen molar-refractivity contribution in [3.63, 3.8) is 0 Å². The number of nitrogens with zero attached hydrogens (tertiary/aromatic N) is 4. The maximum absolute atomic E-state index is 12.4. The minimum atomic E-state index is -0.849. The summed E-state index contributed by atoms with van der Waals surface area (Å²) in [5, 5.41) is 14.8. The van der Waals surface area contributed by atoms with E-state index < -0.39 is 5.97 Å². The largest absolute Gasteiger partial charge is 0.477 e. The van der Waals surface area contributed by atoms with Crippen LogP contribution in [0.4, 0.5) is 0 Å². The van der Waals surface area contributed by atoms with Gasteiger partial charge in [-0.1, -0.05) is 43.5 Å². The van der Waals surface area contributed by atoms with Crippen molar-refractivity contribution >= 4 is 28.5 Å². The van der Waals surface area contributed by atoms with Crippen LogP contribution in [-0.4, -0.2) is 50.3 Å². The number of carboxylic acid groups (broad SMARTS) is 1. The number of hydrogen-bond donors (Lipinski definition) is 1. The summed E-state index contributed by atoms with van der Waals surface area (Å²) >= 11 is 1.37. The number of likely N-dealkylation sites (N-methyl/N-ethyl adjacent to an activating group) is 1. The zero-order chi connectivity index (χ0) is 26.4. The number of aromatic carboxylic acids is 1. The van der Waals surface area contributed by atoms with Crippen molar-refractivity contribution in [1.82, 2.24) is 19.1 Å². The van der Waals surface area contributed by atoms with E-state index in [0.29, 0.717) is 10.8 Å². The summed E-state index contributed by atoms with van der Waals surface area (Å²) in [7, 11) is 3.90. The van der Waals surface area contributed by atoms with Crippen LogP contribution in [0.5, 0.6) is 0 Å². The lowest BCUT2D eigenvalue weighted by atomic mass is 9.78. The molecule has 1 aromatic carbocycles. The first kappa shape index (κ1) is 24.8. The summed E-state index contributed by atoms with van der Waals surface area (Å²) in [5.41, 5.74) is 7.01. The van der Waals surface area contributed by atoms with Gasteiger partial charge in [0.2, 0.25) is 0 Å². The summed E-state index contributed by atoms with van der Waals surface area (Å²) in [6, 6.07) is 13.6. The molecule has 0 spiro atoms. The van der Waals surface area contributed by atoms with Gasteiger partial charge in [-0.05, 0) is 55.0 Å². The molecule has 1 saturated carbocycles. The first-order chi connectivity index (χ1) is 18.4. The Kier molecular flexibility index (Phi) is 6.53. The van der Waals surface area contributed by atoms with E-state index in [1.807, 2.05) is 30.3 Å². The molecule has 196 valence electrons. The molecule has 2 aliphatic rings. The van der Waals surface area contributed by atoms with Crippen molar-refractivity contribution in [2.24, 2.45) is 13.0 Å². The van der Waals surface area contributed by atoms with Gasteiger partial charge in [-0.15, -0.1) is 11.3 Å². The highest BCUT2D eigenvalue weighted by Gasteiger charge is 2.29. The van der Waals surface area contributed by atoms with Gasteiger partial charge in [-0.2, -0.15) is 5.10 Å². The fraction of sp³-hybridized carbons (Fsp3) is 0.367. The molecule has 8 heteroatoms. The minimum absolute atomic E-state index is 0.0756. The number of thiophene rings is 1. The third-order valence-corrected chi connectivity index (χ3v) is 9.31. The van der Waals surface area contributed by atoms with Gasteiger partial charge in [-0.3, -0.25) is 9.36 Å². The molecule has 0 bridgehead atoms. The van der Waals surface area contributed by atoms with Crippen LogP contribution >= 0.6 is 11.3 Å². The van der Waals surface area contributed by atoms with Gasteiger partial charge in [0.25, 0.3) is 5.56 Å². The van der Waals surface area contributed by atoms with Gasteiger partial charge >= 0.3 is 5.97 Å². The van der Waals surface area contributed by atoms with E-state index in [1.165, 1.54) is 60.7 Å². The molecule has 1 fully saturated rings.